The summed E-state index contributed by atoms with van der Waals surface area (Å²) < 4.78 is 0. The Morgan fingerprint density at radius 1 is 1.06 bits per heavy atom. The Morgan fingerprint density at radius 2 is 1.67 bits per heavy atom. The molecule has 0 spiro atoms. The van der Waals surface area contributed by atoms with E-state index in [1.165, 1.54) is 12.1 Å². The van der Waals surface area contributed by atoms with Crippen LogP contribution in [0.3, 0.4) is 0 Å². The van der Waals surface area contributed by atoms with Crippen molar-refractivity contribution in [1.29, 1.82) is 0 Å². The van der Waals surface area contributed by atoms with E-state index in [-0.39, 0.29) is 11.6 Å². The maximum absolute atomic E-state index is 10.5. The van der Waals surface area contributed by atoms with Crippen LogP contribution in [0.4, 0.5) is 11.6 Å². The minimum Gasteiger partial charge on any atom is -0.365 e. The minimum absolute atomic E-state index is 0.00230. The van der Waals surface area contributed by atoms with E-state index >= 15 is 0 Å². The minimum atomic E-state index is -0.454. The standard InChI is InChI=1S/C10H8N6O2/c11-10-14-12-9(13-15-10)6-3-7-1-4-8(5-2-7)16(17)18/h1-6H,(H2,11,14,15)/b6-3+. The van der Waals surface area contributed by atoms with E-state index in [9.17, 15) is 10.1 Å². The molecule has 0 aliphatic heterocycles. The van der Waals surface area contributed by atoms with E-state index in [1.807, 2.05) is 0 Å². The van der Waals surface area contributed by atoms with Crippen LogP contribution in [-0.4, -0.2) is 25.3 Å². The third-order valence-corrected chi connectivity index (χ3v) is 2.04. The molecule has 2 N–H and O–H groups in total. The Morgan fingerprint density at radius 3 is 2.22 bits per heavy atom. The first-order valence-corrected chi connectivity index (χ1v) is 4.90. The second-order valence-electron chi connectivity index (χ2n) is 3.30. The molecule has 0 saturated heterocycles. The predicted molar refractivity (Wildman–Crippen MR) is 64.1 cm³/mol. The number of anilines is 1. The summed E-state index contributed by atoms with van der Waals surface area (Å²) in [6.45, 7) is 0. The Balaban J connectivity index is 2.13. The molecular formula is C10H8N6O2. The fourth-order valence-electron chi connectivity index (χ4n) is 1.19. The lowest BCUT2D eigenvalue weighted by Crippen LogP contribution is -2.01. The van der Waals surface area contributed by atoms with Gasteiger partial charge in [-0.15, -0.1) is 20.4 Å². The second kappa shape index (κ2) is 4.95. The first kappa shape index (κ1) is 11.6. The zero-order valence-electron chi connectivity index (χ0n) is 9.09. The van der Waals surface area contributed by atoms with Gasteiger partial charge in [-0.25, -0.2) is 0 Å². The number of nitro benzene ring substituents is 1. The molecule has 2 aromatic rings. The molecule has 0 unspecified atom stereocenters. The van der Waals surface area contributed by atoms with Crippen LogP contribution in [0.2, 0.25) is 0 Å². The highest BCUT2D eigenvalue weighted by Gasteiger charge is 2.02. The lowest BCUT2D eigenvalue weighted by molar-refractivity contribution is -0.384. The van der Waals surface area contributed by atoms with Gasteiger partial charge in [-0.1, -0.05) is 6.08 Å². The number of nitrogens with two attached hydrogens (primary N) is 1. The summed E-state index contributed by atoms with van der Waals surface area (Å²) in [4.78, 5) is 10.0. The zero-order chi connectivity index (χ0) is 13.0. The van der Waals surface area contributed by atoms with Crippen molar-refractivity contribution in [3.63, 3.8) is 0 Å². The lowest BCUT2D eigenvalue weighted by Gasteiger charge is -1.93. The number of hydrogen-bond acceptors (Lipinski definition) is 7. The number of non-ortho nitro benzene ring substituents is 1. The van der Waals surface area contributed by atoms with Crippen molar-refractivity contribution in [2.75, 3.05) is 5.73 Å². The summed E-state index contributed by atoms with van der Waals surface area (Å²) in [7, 11) is 0. The molecule has 1 heterocycles. The molecule has 18 heavy (non-hydrogen) atoms. The van der Waals surface area contributed by atoms with Crippen LogP contribution >= 0.6 is 0 Å². The molecule has 0 saturated carbocycles. The number of hydrogen-bond donors (Lipinski definition) is 1. The molecule has 0 amide bonds. The average Bonchev–Trinajstić information content (AvgIpc) is 2.38. The highest BCUT2D eigenvalue weighted by molar-refractivity contribution is 5.66. The van der Waals surface area contributed by atoms with E-state index in [0.717, 1.165) is 5.56 Å². The van der Waals surface area contributed by atoms with Gasteiger partial charge in [-0.2, -0.15) is 0 Å². The van der Waals surface area contributed by atoms with Gasteiger partial charge in [0.05, 0.1) is 4.92 Å². The molecule has 1 aromatic heterocycles. The first-order chi connectivity index (χ1) is 8.65. The fraction of sp³-hybridized carbons (Fsp3) is 0. The summed E-state index contributed by atoms with van der Waals surface area (Å²) in [5.74, 6) is 0.310. The van der Waals surface area contributed by atoms with Gasteiger partial charge in [0, 0.05) is 12.1 Å². The monoisotopic (exact) mass is 244 g/mol. The van der Waals surface area contributed by atoms with Crippen LogP contribution in [0.1, 0.15) is 11.4 Å². The molecule has 1 aromatic carbocycles. The van der Waals surface area contributed by atoms with Gasteiger partial charge in [-0.05, 0) is 23.8 Å². The molecule has 0 aliphatic carbocycles. The molecule has 90 valence electrons. The molecule has 0 radical (unpaired) electrons. The largest absolute Gasteiger partial charge is 0.365 e. The number of benzene rings is 1. The van der Waals surface area contributed by atoms with Gasteiger partial charge in [-0.3, -0.25) is 10.1 Å². The topological polar surface area (TPSA) is 121 Å². The molecule has 8 nitrogen and oxygen atoms in total. The summed E-state index contributed by atoms with van der Waals surface area (Å²) in [5, 5.41) is 24.9. The maximum atomic E-state index is 10.5. The summed E-state index contributed by atoms with van der Waals surface area (Å²) in [6.07, 6.45) is 3.28. The molecule has 2 rings (SSSR count). The molecule has 0 atom stereocenters. The smallest absolute Gasteiger partial charge is 0.269 e. The van der Waals surface area contributed by atoms with Gasteiger partial charge < -0.3 is 5.73 Å². The molecule has 0 aliphatic rings. The number of aromatic nitrogens is 4. The van der Waals surface area contributed by atoms with Crippen LogP contribution in [0, 0.1) is 10.1 Å². The third-order valence-electron chi connectivity index (χ3n) is 2.04. The van der Waals surface area contributed by atoms with E-state index in [4.69, 9.17) is 5.73 Å². The number of nitrogens with zero attached hydrogens (tertiary/aromatic N) is 5. The highest BCUT2D eigenvalue weighted by atomic mass is 16.6. The van der Waals surface area contributed by atoms with Crippen LogP contribution in [-0.2, 0) is 0 Å². The fourth-order valence-corrected chi connectivity index (χ4v) is 1.19. The lowest BCUT2D eigenvalue weighted by atomic mass is 10.2. The molecule has 0 fully saturated rings. The third kappa shape index (κ3) is 2.82. The summed E-state index contributed by atoms with van der Waals surface area (Å²) in [6, 6.07) is 6.07. The average molecular weight is 244 g/mol. The molecule has 0 bridgehead atoms. The van der Waals surface area contributed by atoms with Crippen LogP contribution < -0.4 is 5.73 Å². The van der Waals surface area contributed by atoms with Crippen molar-refractivity contribution in [1.82, 2.24) is 20.4 Å². The Kier molecular flexibility index (Phi) is 3.19. The van der Waals surface area contributed by atoms with Crippen LogP contribution in [0.25, 0.3) is 12.2 Å². The highest BCUT2D eigenvalue weighted by Crippen LogP contribution is 2.13. The summed E-state index contributed by atoms with van der Waals surface area (Å²) in [5.41, 5.74) is 6.06. The Bertz CT molecular complexity index is 578. The number of nitrogen functional groups attached to an aromatic ring is 1. The van der Waals surface area contributed by atoms with Crippen molar-refractivity contribution in [3.8, 4) is 0 Å². The van der Waals surface area contributed by atoms with E-state index in [2.05, 4.69) is 20.4 Å². The SMILES string of the molecule is Nc1nnc(/C=C/c2ccc([N+](=O)[O-])cc2)nn1. The van der Waals surface area contributed by atoms with Crippen LogP contribution in [0.15, 0.2) is 24.3 Å². The number of rotatable bonds is 3. The van der Waals surface area contributed by atoms with E-state index in [0.29, 0.717) is 5.82 Å². The van der Waals surface area contributed by atoms with E-state index in [1.54, 1.807) is 24.3 Å². The number of nitro groups is 1. The molecule has 8 heteroatoms. The van der Waals surface area contributed by atoms with Crippen molar-refractivity contribution < 1.29 is 4.92 Å². The van der Waals surface area contributed by atoms with E-state index < -0.39 is 4.92 Å². The van der Waals surface area contributed by atoms with Gasteiger partial charge in [0.15, 0.2) is 5.82 Å². The summed E-state index contributed by atoms with van der Waals surface area (Å²) >= 11 is 0. The Hall–Kier alpha value is -2.90. The quantitative estimate of drug-likeness (QED) is 0.629. The van der Waals surface area contributed by atoms with Gasteiger partial charge in [0.2, 0.25) is 0 Å². The van der Waals surface area contributed by atoms with Crippen molar-refractivity contribution in [2.45, 2.75) is 0 Å². The first-order valence-electron chi connectivity index (χ1n) is 4.90. The van der Waals surface area contributed by atoms with Crippen molar-refractivity contribution in [2.24, 2.45) is 0 Å². The van der Waals surface area contributed by atoms with Crippen molar-refractivity contribution >= 4 is 23.8 Å². The van der Waals surface area contributed by atoms with Gasteiger partial charge in [0.1, 0.15) is 0 Å². The van der Waals surface area contributed by atoms with Gasteiger partial charge in [0.25, 0.3) is 11.6 Å². The zero-order valence-corrected chi connectivity index (χ0v) is 9.09. The predicted octanol–water partition coefficient (Wildman–Crippen LogP) is 0.927. The van der Waals surface area contributed by atoms with Gasteiger partial charge >= 0.3 is 0 Å². The second-order valence-corrected chi connectivity index (χ2v) is 3.30. The Labute approximate surface area is 101 Å². The normalized spacial score (nSPS) is 10.7. The van der Waals surface area contributed by atoms with Crippen molar-refractivity contribution in [3.05, 3.63) is 45.8 Å². The van der Waals surface area contributed by atoms with Crippen LogP contribution in [0.5, 0.6) is 0 Å². The maximum Gasteiger partial charge on any atom is 0.269 e. The molecular weight excluding hydrogens is 236 g/mol.